The molecule has 76 valence electrons. The average molecular weight is 194 g/mol. The molecule has 0 aromatic heterocycles. The van der Waals surface area contributed by atoms with E-state index in [2.05, 4.69) is 0 Å². The van der Waals surface area contributed by atoms with E-state index >= 15 is 0 Å². The summed E-state index contributed by atoms with van der Waals surface area (Å²) in [7, 11) is 0. The zero-order valence-corrected chi connectivity index (χ0v) is 6.54. The van der Waals surface area contributed by atoms with Gasteiger partial charge in [0.2, 0.25) is 0 Å². The summed E-state index contributed by atoms with van der Waals surface area (Å²) in [5.41, 5.74) is 0. The molecule has 0 fully saturated rings. The molecule has 0 saturated carbocycles. The van der Waals surface area contributed by atoms with E-state index in [1.165, 1.54) is 0 Å². The molecule has 0 spiro atoms. The van der Waals surface area contributed by atoms with E-state index < -0.39 is 36.7 Å². The minimum atomic E-state index is -3.02. The highest BCUT2D eigenvalue weighted by Crippen LogP contribution is 2.12. The molecule has 0 bridgehead atoms. The van der Waals surface area contributed by atoms with Crippen LogP contribution in [0.3, 0.4) is 0 Å². The second kappa shape index (κ2) is 4.17. The van der Waals surface area contributed by atoms with Crippen LogP contribution in [-0.2, 0) is 9.59 Å². The van der Waals surface area contributed by atoms with Gasteiger partial charge in [-0.3, -0.25) is 9.59 Å². The van der Waals surface area contributed by atoms with E-state index in [1.807, 2.05) is 0 Å². The number of hydrogen-bond donors (Lipinski definition) is 5. The van der Waals surface area contributed by atoms with E-state index in [4.69, 9.17) is 25.5 Å². The summed E-state index contributed by atoms with van der Waals surface area (Å²) in [5.74, 6) is -7.94. The smallest absolute Gasteiger partial charge is 0.317 e. The van der Waals surface area contributed by atoms with Crippen molar-refractivity contribution in [2.24, 2.45) is 5.92 Å². The zero-order chi connectivity index (χ0) is 10.6. The van der Waals surface area contributed by atoms with Crippen molar-refractivity contribution < 1.29 is 35.1 Å². The SMILES string of the molecule is O=C(O)C(CCC(O)(O)O)C(=O)O. The molecule has 0 atom stereocenters. The monoisotopic (exact) mass is 194 g/mol. The number of carbonyl (C=O) groups is 2. The molecular weight excluding hydrogens is 184 g/mol. The van der Waals surface area contributed by atoms with Gasteiger partial charge in [0, 0.05) is 6.42 Å². The van der Waals surface area contributed by atoms with Crippen LogP contribution < -0.4 is 0 Å². The maximum atomic E-state index is 10.2. The standard InChI is InChI=1S/C6H10O7/c7-4(8)3(5(9)10)1-2-6(11,12)13/h3,11-13H,1-2H2,(H,7,8)(H,9,10). The molecule has 0 heterocycles. The highest BCUT2D eigenvalue weighted by molar-refractivity contribution is 5.92. The van der Waals surface area contributed by atoms with E-state index in [1.54, 1.807) is 0 Å². The Morgan fingerprint density at radius 3 is 1.69 bits per heavy atom. The zero-order valence-electron chi connectivity index (χ0n) is 6.54. The van der Waals surface area contributed by atoms with Crippen LogP contribution in [0.4, 0.5) is 0 Å². The fourth-order valence-corrected chi connectivity index (χ4v) is 0.691. The lowest BCUT2D eigenvalue weighted by Gasteiger charge is -2.14. The molecule has 0 amide bonds. The van der Waals surface area contributed by atoms with Gasteiger partial charge in [0.1, 0.15) is 0 Å². The highest BCUT2D eigenvalue weighted by atomic mass is 16.7. The molecule has 0 rings (SSSR count). The first-order chi connectivity index (χ1) is 5.74. The van der Waals surface area contributed by atoms with Gasteiger partial charge in [0.05, 0.1) is 0 Å². The molecule has 5 N–H and O–H groups in total. The predicted molar refractivity (Wildman–Crippen MR) is 37.4 cm³/mol. The van der Waals surface area contributed by atoms with Gasteiger partial charge in [-0.15, -0.1) is 0 Å². The number of carboxylic acid groups (broad SMARTS) is 2. The van der Waals surface area contributed by atoms with Crippen LogP contribution in [0.25, 0.3) is 0 Å². The Hall–Kier alpha value is -1.18. The summed E-state index contributed by atoms with van der Waals surface area (Å²) >= 11 is 0. The molecule has 0 saturated heterocycles. The molecule has 0 aliphatic rings. The summed E-state index contributed by atoms with van der Waals surface area (Å²) < 4.78 is 0. The first-order valence-corrected chi connectivity index (χ1v) is 3.37. The van der Waals surface area contributed by atoms with Gasteiger partial charge < -0.3 is 25.5 Å². The lowest BCUT2D eigenvalue weighted by atomic mass is 10.0. The largest absolute Gasteiger partial charge is 0.481 e. The Labute approximate surface area is 72.9 Å². The van der Waals surface area contributed by atoms with E-state index in [0.717, 1.165) is 0 Å². The maximum Gasteiger partial charge on any atom is 0.317 e. The summed E-state index contributed by atoms with van der Waals surface area (Å²) in [4.78, 5) is 20.5. The number of carboxylic acids is 2. The van der Waals surface area contributed by atoms with Crippen LogP contribution in [0.15, 0.2) is 0 Å². The molecule has 0 aliphatic heterocycles. The van der Waals surface area contributed by atoms with Crippen molar-refractivity contribution >= 4 is 11.9 Å². The first-order valence-electron chi connectivity index (χ1n) is 3.37. The molecule has 0 unspecified atom stereocenters. The molecule has 13 heavy (non-hydrogen) atoms. The predicted octanol–water partition coefficient (Wildman–Crippen LogP) is -1.82. The lowest BCUT2D eigenvalue weighted by molar-refractivity contribution is -0.315. The summed E-state index contributed by atoms with van der Waals surface area (Å²) in [5, 5.41) is 41.7. The topological polar surface area (TPSA) is 135 Å². The minimum Gasteiger partial charge on any atom is -0.481 e. The maximum absolute atomic E-state index is 10.2. The van der Waals surface area contributed by atoms with Crippen LogP contribution >= 0.6 is 0 Å². The molecule has 0 radical (unpaired) electrons. The third-order valence-corrected chi connectivity index (χ3v) is 1.36. The summed E-state index contributed by atoms with van der Waals surface area (Å²) in [6, 6.07) is 0. The Morgan fingerprint density at radius 1 is 1.08 bits per heavy atom. The van der Waals surface area contributed by atoms with E-state index in [9.17, 15) is 9.59 Å². The molecule has 7 nitrogen and oxygen atoms in total. The number of aliphatic hydroxyl groups is 3. The highest BCUT2D eigenvalue weighted by Gasteiger charge is 2.29. The van der Waals surface area contributed by atoms with Gasteiger partial charge in [-0.25, -0.2) is 0 Å². The van der Waals surface area contributed by atoms with Crippen molar-refractivity contribution in [3.63, 3.8) is 0 Å². The quantitative estimate of drug-likeness (QED) is 0.257. The third kappa shape index (κ3) is 5.12. The van der Waals surface area contributed by atoms with Gasteiger partial charge in [-0.05, 0) is 6.42 Å². The average Bonchev–Trinajstić information content (AvgIpc) is 1.82. The fraction of sp³-hybridized carbons (Fsp3) is 0.667. The van der Waals surface area contributed by atoms with E-state index in [-0.39, 0.29) is 0 Å². The molecule has 0 aromatic rings. The van der Waals surface area contributed by atoms with Crippen LogP contribution in [0.5, 0.6) is 0 Å². The van der Waals surface area contributed by atoms with Crippen molar-refractivity contribution in [3.05, 3.63) is 0 Å². The molecule has 7 heteroatoms. The van der Waals surface area contributed by atoms with E-state index in [0.29, 0.717) is 0 Å². The lowest BCUT2D eigenvalue weighted by Crippen LogP contribution is -2.31. The summed E-state index contributed by atoms with van der Waals surface area (Å²) in [6.07, 6.45) is -1.30. The second-order valence-corrected chi connectivity index (χ2v) is 2.54. The van der Waals surface area contributed by atoms with Crippen LogP contribution in [-0.4, -0.2) is 43.4 Å². The van der Waals surface area contributed by atoms with Gasteiger partial charge in [0.15, 0.2) is 5.92 Å². The third-order valence-electron chi connectivity index (χ3n) is 1.36. The fourth-order valence-electron chi connectivity index (χ4n) is 0.691. The van der Waals surface area contributed by atoms with Crippen molar-refractivity contribution in [1.82, 2.24) is 0 Å². The summed E-state index contributed by atoms with van der Waals surface area (Å²) in [6.45, 7) is 0. The van der Waals surface area contributed by atoms with Crippen LogP contribution in [0.2, 0.25) is 0 Å². The van der Waals surface area contributed by atoms with Gasteiger partial charge in [-0.1, -0.05) is 0 Å². The van der Waals surface area contributed by atoms with Crippen LogP contribution in [0, 0.1) is 5.92 Å². The second-order valence-electron chi connectivity index (χ2n) is 2.54. The normalized spacial score (nSPS) is 11.7. The van der Waals surface area contributed by atoms with Crippen LogP contribution in [0.1, 0.15) is 12.8 Å². The Balaban J connectivity index is 4.14. The van der Waals surface area contributed by atoms with Gasteiger partial charge >= 0.3 is 11.9 Å². The number of hydrogen-bond acceptors (Lipinski definition) is 5. The van der Waals surface area contributed by atoms with Crippen molar-refractivity contribution in [2.75, 3.05) is 0 Å². The number of aliphatic carboxylic acids is 2. The Morgan fingerprint density at radius 2 is 1.46 bits per heavy atom. The minimum absolute atomic E-state index is 0.561. The first kappa shape index (κ1) is 11.8. The van der Waals surface area contributed by atoms with Crippen molar-refractivity contribution in [2.45, 2.75) is 18.8 Å². The number of rotatable bonds is 5. The Kier molecular flexibility index (Phi) is 3.79. The van der Waals surface area contributed by atoms with Gasteiger partial charge in [0.25, 0.3) is 5.97 Å². The van der Waals surface area contributed by atoms with Crippen molar-refractivity contribution in [3.8, 4) is 0 Å². The molecule has 0 aliphatic carbocycles. The molecule has 0 aromatic carbocycles. The van der Waals surface area contributed by atoms with Crippen molar-refractivity contribution in [1.29, 1.82) is 0 Å². The Bertz CT molecular complexity index is 190. The van der Waals surface area contributed by atoms with Gasteiger partial charge in [-0.2, -0.15) is 0 Å². The molecular formula is C6H10O7.